The molecular formula is C12H15ClO2. The standard InChI is InChI=1S/C12H15ClO2/c1-9(12(14)15-2)7-10-3-5-11(8-13)6-4-10/h3-6,9H,7-8H2,1-2H3. The van der Waals surface area contributed by atoms with E-state index < -0.39 is 0 Å². The summed E-state index contributed by atoms with van der Waals surface area (Å²) in [5.74, 6) is 0.251. The van der Waals surface area contributed by atoms with Crippen LogP contribution in [0.3, 0.4) is 0 Å². The molecule has 0 bridgehead atoms. The van der Waals surface area contributed by atoms with Crippen molar-refractivity contribution in [3.8, 4) is 0 Å². The summed E-state index contributed by atoms with van der Waals surface area (Å²) < 4.78 is 4.67. The average molecular weight is 227 g/mol. The van der Waals surface area contributed by atoms with E-state index in [1.54, 1.807) is 0 Å². The molecule has 82 valence electrons. The number of hydrogen-bond donors (Lipinski definition) is 0. The highest BCUT2D eigenvalue weighted by Crippen LogP contribution is 2.12. The van der Waals surface area contributed by atoms with Gasteiger partial charge in [-0.05, 0) is 17.5 Å². The van der Waals surface area contributed by atoms with Crippen LogP contribution in [-0.2, 0) is 21.8 Å². The minimum absolute atomic E-state index is 0.100. The van der Waals surface area contributed by atoms with Crippen LogP contribution in [0.1, 0.15) is 18.1 Å². The Hall–Kier alpha value is -1.02. The van der Waals surface area contributed by atoms with Crippen molar-refractivity contribution in [1.29, 1.82) is 0 Å². The van der Waals surface area contributed by atoms with Crippen molar-refractivity contribution in [2.75, 3.05) is 7.11 Å². The fraction of sp³-hybridized carbons (Fsp3) is 0.417. The Kier molecular flexibility index (Phi) is 4.63. The molecule has 0 fully saturated rings. The lowest BCUT2D eigenvalue weighted by Crippen LogP contribution is -2.15. The predicted molar refractivity (Wildman–Crippen MR) is 60.9 cm³/mol. The van der Waals surface area contributed by atoms with Crippen LogP contribution in [0.2, 0.25) is 0 Å². The first-order valence-electron chi connectivity index (χ1n) is 4.89. The number of carbonyl (C=O) groups is 1. The zero-order valence-electron chi connectivity index (χ0n) is 9.00. The Labute approximate surface area is 95.2 Å². The van der Waals surface area contributed by atoms with E-state index in [-0.39, 0.29) is 11.9 Å². The number of alkyl halides is 1. The van der Waals surface area contributed by atoms with Gasteiger partial charge in [0.15, 0.2) is 0 Å². The minimum atomic E-state index is -0.170. The molecule has 15 heavy (non-hydrogen) atoms. The Morgan fingerprint density at radius 2 is 1.87 bits per heavy atom. The van der Waals surface area contributed by atoms with Crippen LogP contribution in [0.5, 0.6) is 0 Å². The molecular weight excluding hydrogens is 212 g/mol. The van der Waals surface area contributed by atoms with E-state index in [1.807, 2.05) is 31.2 Å². The van der Waals surface area contributed by atoms with Gasteiger partial charge in [0, 0.05) is 5.88 Å². The second-order valence-electron chi connectivity index (χ2n) is 3.58. The van der Waals surface area contributed by atoms with Gasteiger partial charge in [0.25, 0.3) is 0 Å². The molecule has 2 nitrogen and oxygen atoms in total. The Bertz CT molecular complexity index is 319. The van der Waals surface area contributed by atoms with Crippen molar-refractivity contribution in [2.45, 2.75) is 19.2 Å². The van der Waals surface area contributed by atoms with Gasteiger partial charge in [-0.2, -0.15) is 0 Å². The van der Waals surface area contributed by atoms with Crippen LogP contribution in [0, 0.1) is 5.92 Å². The van der Waals surface area contributed by atoms with Gasteiger partial charge in [-0.25, -0.2) is 0 Å². The molecule has 0 spiro atoms. The van der Waals surface area contributed by atoms with Gasteiger partial charge in [-0.3, -0.25) is 4.79 Å². The lowest BCUT2D eigenvalue weighted by atomic mass is 10.0. The number of benzene rings is 1. The van der Waals surface area contributed by atoms with Crippen LogP contribution in [0.25, 0.3) is 0 Å². The van der Waals surface area contributed by atoms with Crippen molar-refractivity contribution < 1.29 is 9.53 Å². The van der Waals surface area contributed by atoms with E-state index >= 15 is 0 Å². The summed E-state index contributed by atoms with van der Waals surface area (Å²) in [6.45, 7) is 1.86. The third-order valence-corrected chi connectivity index (χ3v) is 2.63. The lowest BCUT2D eigenvalue weighted by Gasteiger charge is -2.09. The zero-order chi connectivity index (χ0) is 11.3. The highest BCUT2D eigenvalue weighted by Gasteiger charge is 2.13. The fourth-order valence-corrected chi connectivity index (χ4v) is 1.58. The fourth-order valence-electron chi connectivity index (χ4n) is 1.40. The Morgan fingerprint density at radius 3 is 2.33 bits per heavy atom. The molecule has 1 atom stereocenters. The third kappa shape index (κ3) is 3.56. The van der Waals surface area contributed by atoms with Gasteiger partial charge in [-0.15, -0.1) is 11.6 Å². The molecule has 3 heteroatoms. The number of esters is 1. The maximum absolute atomic E-state index is 11.2. The SMILES string of the molecule is COC(=O)C(C)Cc1ccc(CCl)cc1. The predicted octanol–water partition coefficient (Wildman–Crippen LogP) is 2.78. The summed E-state index contributed by atoms with van der Waals surface area (Å²) >= 11 is 5.68. The summed E-state index contributed by atoms with van der Waals surface area (Å²) in [5.41, 5.74) is 2.22. The molecule has 0 N–H and O–H groups in total. The van der Waals surface area contributed by atoms with Crippen molar-refractivity contribution >= 4 is 17.6 Å². The van der Waals surface area contributed by atoms with E-state index in [0.717, 1.165) is 11.1 Å². The highest BCUT2D eigenvalue weighted by molar-refractivity contribution is 6.17. The number of ether oxygens (including phenoxy) is 1. The van der Waals surface area contributed by atoms with Crippen LogP contribution < -0.4 is 0 Å². The van der Waals surface area contributed by atoms with E-state index in [0.29, 0.717) is 12.3 Å². The van der Waals surface area contributed by atoms with Crippen LogP contribution >= 0.6 is 11.6 Å². The van der Waals surface area contributed by atoms with E-state index in [2.05, 4.69) is 4.74 Å². The molecule has 1 aromatic carbocycles. The van der Waals surface area contributed by atoms with Gasteiger partial charge < -0.3 is 4.74 Å². The van der Waals surface area contributed by atoms with Crippen molar-refractivity contribution in [3.63, 3.8) is 0 Å². The van der Waals surface area contributed by atoms with Crippen molar-refractivity contribution in [2.24, 2.45) is 5.92 Å². The van der Waals surface area contributed by atoms with Crippen molar-refractivity contribution in [3.05, 3.63) is 35.4 Å². The first-order valence-corrected chi connectivity index (χ1v) is 5.42. The molecule has 0 heterocycles. The first kappa shape index (κ1) is 12.1. The summed E-state index contributed by atoms with van der Waals surface area (Å²) in [7, 11) is 1.41. The highest BCUT2D eigenvalue weighted by atomic mass is 35.5. The second kappa shape index (κ2) is 5.76. The molecule has 1 rings (SSSR count). The van der Waals surface area contributed by atoms with Crippen LogP contribution in [0.4, 0.5) is 0 Å². The molecule has 1 aromatic rings. The largest absolute Gasteiger partial charge is 0.469 e. The molecule has 0 aliphatic carbocycles. The van der Waals surface area contributed by atoms with Gasteiger partial charge >= 0.3 is 5.97 Å². The molecule has 0 saturated carbocycles. The molecule has 0 saturated heterocycles. The lowest BCUT2D eigenvalue weighted by molar-refractivity contribution is -0.144. The quantitative estimate of drug-likeness (QED) is 0.583. The van der Waals surface area contributed by atoms with E-state index in [4.69, 9.17) is 11.6 Å². The molecule has 0 aromatic heterocycles. The van der Waals surface area contributed by atoms with Crippen LogP contribution in [-0.4, -0.2) is 13.1 Å². The smallest absolute Gasteiger partial charge is 0.308 e. The number of carbonyl (C=O) groups excluding carboxylic acids is 1. The number of hydrogen-bond acceptors (Lipinski definition) is 2. The maximum atomic E-state index is 11.2. The Morgan fingerprint density at radius 1 is 1.33 bits per heavy atom. The molecule has 0 aliphatic heterocycles. The number of halogens is 1. The third-order valence-electron chi connectivity index (χ3n) is 2.32. The maximum Gasteiger partial charge on any atom is 0.308 e. The average Bonchev–Trinajstić information content (AvgIpc) is 2.29. The summed E-state index contributed by atoms with van der Waals surface area (Å²) in [6.07, 6.45) is 0.704. The van der Waals surface area contributed by atoms with Crippen LogP contribution in [0.15, 0.2) is 24.3 Å². The van der Waals surface area contributed by atoms with Gasteiger partial charge in [0.2, 0.25) is 0 Å². The first-order chi connectivity index (χ1) is 7.17. The van der Waals surface area contributed by atoms with Gasteiger partial charge in [0.05, 0.1) is 13.0 Å². The normalized spacial score (nSPS) is 12.2. The summed E-state index contributed by atoms with van der Waals surface area (Å²) in [4.78, 5) is 11.2. The van der Waals surface area contributed by atoms with E-state index in [1.165, 1.54) is 7.11 Å². The molecule has 1 unspecified atom stereocenters. The number of rotatable bonds is 4. The van der Waals surface area contributed by atoms with E-state index in [9.17, 15) is 4.79 Å². The molecule has 0 aliphatic rings. The zero-order valence-corrected chi connectivity index (χ0v) is 9.75. The molecule has 0 radical (unpaired) electrons. The summed E-state index contributed by atoms with van der Waals surface area (Å²) in [5, 5.41) is 0. The Balaban J connectivity index is 2.60. The van der Waals surface area contributed by atoms with Gasteiger partial charge in [-0.1, -0.05) is 31.2 Å². The minimum Gasteiger partial charge on any atom is -0.469 e. The topological polar surface area (TPSA) is 26.3 Å². The monoisotopic (exact) mass is 226 g/mol. The van der Waals surface area contributed by atoms with Gasteiger partial charge in [0.1, 0.15) is 0 Å². The number of methoxy groups -OCH3 is 1. The van der Waals surface area contributed by atoms with Crippen molar-refractivity contribution in [1.82, 2.24) is 0 Å². The molecule has 0 amide bonds. The summed E-state index contributed by atoms with van der Waals surface area (Å²) in [6, 6.07) is 7.95. The second-order valence-corrected chi connectivity index (χ2v) is 3.85.